The summed E-state index contributed by atoms with van der Waals surface area (Å²) in [6.45, 7) is 1.62. The minimum absolute atomic E-state index is 0.0133. The van der Waals surface area contributed by atoms with Gasteiger partial charge in [-0.3, -0.25) is 9.59 Å². The number of methoxy groups -OCH3 is 1. The number of carbonyl (C=O) groups excluding carboxylic acids is 2. The van der Waals surface area contributed by atoms with Crippen LogP contribution in [0.2, 0.25) is 0 Å². The standard InChI is InChI=1S/C19H20FN3O3/c1-13(12-17(24)21-16-10-8-15(20)9-11-16)22-23-19(25)18(26-2)14-6-4-3-5-7-14/h3-11,18H,12H2,1-2H3,(H,21,24)(H,23,25)/b22-13-/t18-/m1/s1. The van der Waals surface area contributed by atoms with Crippen molar-refractivity contribution in [1.29, 1.82) is 0 Å². The van der Waals surface area contributed by atoms with Gasteiger partial charge in [0.2, 0.25) is 5.91 Å². The summed E-state index contributed by atoms with van der Waals surface area (Å²) in [5, 5.41) is 6.55. The molecule has 2 rings (SSSR count). The second kappa shape index (κ2) is 9.43. The van der Waals surface area contributed by atoms with Gasteiger partial charge in [0.25, 0.3) is 5.91 Å². The van der Waals surface area contributed by atoms with E-state index in [0.717, 1.165) is 0 Å². The Hall–Kier alpha value is -3.06. The highest BCUT2D eigenvalue weighted by Crippen LogP contribution is 2.16. The molecule has 0 saturated heterocycles. The van der Waals surface area contributed by atoms with Gasteiger partial charge >= 0.3 is 0 Å². The zero-order valence-corrected chi connectivity index (χ0v) is 14.5. The topological polar surface area (TPSA) is 79.8 Å². The van der Waals surface area contributed by atoms with Crippen LogP contribution in [-0.2, 0) is 14.3 Å². The van der Waals surface area contributed by atoms with Gasteiger partial charge in [0.05, 0.1) is 6.42 Å². The number of hydrogen-bond acceptors (Lipinski definition) is 4. The van der Waals surface area contributed by atoms with Crippen LogP contribution >= 0.6 is 0 Å². The first-order valence-corrected chi connectivity index (χ1v) is 7.95. The monoisotopic (exact) mass is 357 g/mol. The number of benzene rings is 2. The number of amides is 2. The lowest BCUT2D eigenvalue weighted by atomic mass is 10.1. The van der Waals surface area contributed by atoms with E-state index in [1.807, 2.05) is 18.2 Å². The largest absolute Gasteiger partial charge is 0.367 e. The Morgan fingerprint density at radius 3 is 2.38 bits per heavy atom. The van der Waals surface area contributed by atoms with E-state index in [9.17, 15) is 14.0 Å². The second-order valence-corrected chi connectivity index (χ2v) is 5.58. The molecular formula is C19H20FN3O3. The number of hydrogen-bond donors (Lipinski definition) is 2. The Morgan fingerprint density at radius 1 is 1.12 bits per heavy atom. The minimum atomic E-state index is -0.791. The van der Waals surface area contributed by atoms with Gasteiger partial charge in [-0.25, -0.2) is 9.82 Å². The van der Waals surface area contributed by atoms with Crippen molar-refractivity contribution in [2.45, 2.75) is 19.4 Å². The van der Waals surface area contributed by atoms with Gasteiger partial charge in [-0.05, 0) is 36.8 Å². The lowest BCUT2D eigenvalue weighted by Gasteiger charge is -2.14. The van der Waals surface area contributed by atoms with Crippen LogP contribution in [-0.4, -0.2) is 24.6 Å². The smallest absolute Gasteiger partial charge is 0.273 e. The number of nitrogens with one attached hydrogen (secondary N) is 2. The lowest BCUT2D eigenvalue weighted by molar-refractivity contribution is -0.131. The summed E-state index contributed by atoms with van der Waals surface area (Å²) in [5.41, 5.74) is 4.01. The highest BCUT2D eigenvalue weighted by atomic mass is 19.1. The van der Waals surface area contributed by atoms with Crippen molar-refractivity contribution in [3.8, 4) is 0 Å². The molecule has 2 amide bonds. The second-order valence-electron chi connectivity index (χ2n) is 5.58. The molecule has 0 bridgehead atoms. The summed E-state index contributed by atoms with van der Waals surface area (Å²) in [4.78, 5) is 24.1. The average Bonchev–Trinajstić information content (AvgIpc) is 2.63. The van der Waals surface area contributed by atoms with Crippen LogP contribution in [0.5, 0.6) is 0 Å². The fraction of sp³-hybridized carbons (Fsp3) is 0.211. The molecule has 2 aromatic rings. The SMILES string of the molecule is CO[C@@H](C(=O)N/N=C(/C)CC(=O)Nc1ccc(F)cc1)c1ccccc1. The summed E-state index contributed by atoms with van der Waals surface area (Å²) in [6.07, 6.45) is -0.804. The Labute approximate surface area is 151 Å². The first kappa shape index (κ1) is 19.3. The third kappa shape index (κ3) is 5.78. The third-order valence-corrected chi connectivity index (χ3v) is 3.48. The molecule has 0 saturated carbocycles. The van der Waals surface area contributed by atoms with Gasteiger partial charge in [0.15, 0.2) is 6.10 Å². The van der Waals surface area contributed by atoms with Crippen molar-refractivity contribution < 1.29 is 18.7 Å². The van der Waals surface area contributed by atoms with Crippen LogP contribution in [0, 0.1) is 5.82 Å². The molecule has 7 heteroatoms. The number of rotatable bonds is 7. The normalized spacial score (nSPS) is 12.3. The molecule has 0 heterocycles. The first-order valence-electron chi connectivity index (χ1n) is 7.95. The van der Waals surface area contributed by atoms with Crippen molar-refractivity contribution in [2.24, 2.45) is 5.10 Å². The van der Waals surface area contributed by atoms with Gasteiger partial charge in [0.1, 0.15) is 5.82 Å². The molecule has 2 N–H and O–H groups in total. The minimum Gasteiger partial charge on any atom is -0.367 e. The number of nitrogens with zero attached hydrogens (tertiary/aromatic N) is 1. The number of carbonyl (C=O) groups is 2. The van der Waals surface area contributed by atoms with E-state index >= 15 is 0 Å². The van der Waals surface area contributed by atoms with Crippen LogP contribution in [0.3, 0.4) is 0 Å². The fourth-order valence-electron chi connectivity index (χ4n) is 2.24. The zero-order valence-electron chi connectivity index (χ0n) is 14.5. The average molecular weight is 357 g/mol. The Kier molecular flexibility index (Phi) is 6.99. The molecule has 2 aromatic carbocycles. The lowest BCUT2D eigenvalue weighted by Crippen LogP contribution is -2.28. The predicted octanol–water partition coefficient (Wildman–Crippen LogP) is 3.03. The molecular weight excluding hydrogens is 337 g/mol. The Bertz CT molecular complexity index is 776. The highest BCUT2D eigenvalue weighted by Gasteiger charge is 2.19. The maximum atomic E-state index is 12.8. The Morgan fingerprint density at radius 2 is 1.77 bits per heavy atom. The third-order valence-electron chi connectivity index (χ3n) is 3.48. The maximum absolute atomic E-state index is 12.8. The van der Waals surface area contributed by atoms with E-state index in [1.165, 1.54) is 31.4 Å². The summed E-state index contributed by atoms with van der Waals surface area (Å²) in [7, 11) is 1.43. The number of halogens is 1. The van der Waals surface area contributed by atoms with E-state index in [2.05, 4.69) is 15.8 Å². The quantitative estimate of drug-likeness (QED) is 0.590. The van der Waals surface area contributed by atoms with E-state index in [4.69, 9.17) is 4.74 Å². The number of hydrazone groups is 1. The van der Waals surface area contributed by atoms with Crippen LogP contribution in [0.1, 0.15) is 25.0 Å². The van der Waals surface area contributed by atoms with Crippen molar-refractivity contribution >= 4 is 23.2 Å². The fourth-order valence-corrected chi connectivity index (χ4v) is 2.24. The van der Waals surface area contributed by atoms with Crippen molar-refractivity contribution in [2.75, 3.05) is 12.4 Å². The van der Waals surface area contributed by atoms with Gasteiger partial charge in [-0.15, -0.1) is 0 Å². The molecule has 0 aliphatic heterocycles. The molecule has 0 radical (unpaired) electrons. The number of anilines is 1. The van der Waals surface area contributed by atoms with Gasteiger partial charge in [-0.2, -0.15) is 5.10 Å². The summed E-state index contributed by atoms with van der Waals surface area (Å²) in [6, 6.07) is 14.5. The van der Waals surface area contributed by atoms with Gasteiger partial charge in [-0.1, -0.05) is 30.3 Å². The molecule has 0 aliphatic carbocycles. The molecule has 1 atom stereocenters. The summed E-state index contributed by atoms with van der Waals surface area (Å²) in [5.74, 6) is -1.13. The molecule has 26 heavy (non-hydrogen) atoms. The highest BCUT2D eigenvalue weighted by molar-refractivity contribution is 6.05. The van der Waals surface area contributed by atoms with Crippen LogP contribution in [0.4, 0.5) is 10.1 Å². The number of ether oxygens (including phenoxy) is 1. The van der Waals surface area contributed by atoms with Crippen molar-refractivity contribution in [3.05, 3.63) is 66.0 Å². The molecule has 6 nitrogen and oxygen atoms in total. The summed E-state index contributed by atoms with van der Waals surface area (Å²) >= 11 is 0. The predicted molar refractivity (Wildman–Crippen MR) is 97.1 cm³/mol. The van der Waals surface area contributed by atoms with E-state index in [0.29, 0.717) is 17.0 Å². The van der Waals surface area contributed by atoms with E-state index < -0.39 is 12.0 Å². The van der Waals surface area contributed by atoms with Crippen LogP contribution in [0.15, 0.2) is 59.7 Å². The van der Waals surface area contributed by atoms with E-state index in [-0.39, 0.29) is 18.1 Å². The molecule has 0 fully saturated rings. The van der Waals surface area contributed by atoms with E-state index in [1.54, 1.807) is 19.1 Å². The molecule has 0 unspecified atom stereocenters. The van der Waals surface area contributed by atoms with Crippen molar-refractivity contribution in [1.82, 2.24) is 5.43 Å². The van der Waals surface area contributed by atoms with Gasteiger partial charge < -0.3 is 10.1 Å². The molecule has 0 aliphatic rings. The van der Waals surface area contributed by atoms with Gasteiger partial charge in [0, 0.05) is 18.5 Å². The first-order chi connectivity index (χ1) is 12.5. The van der Waals surface area contributed by atoms with Crippen LogP contribution in [0.25, 0.3) is 0 Å². The Balaban J connectivity index is 1.89. The molecule has 0 spiro atoms. The zero-order chi connectivity index (χ0) is 18.9. The summed E-state index contributed by atoms with van der Waals surface area (Å²) < 4.78 is 18.1. The maximum Gasteiger partial charge on any atom is 0.273 e. The van der Waals surface area contributed by atoms with Crippen LogP contribution < -0.4 is 10.7 Å². The molecule has 0 aromatic heterocycles. The van der Waals surface area contributed by atoms with Crippen molar-refractivity contribution in [3.63, 3.8) is 0 Å². The molecule has 136 valence electrons.